The first-order valence-electron chi connectivity index (χ1n) is 5.91. The van der Waals surface area contributed by atoms with Crippen molar-refractivity contribution in [1.29, 1.82) is 0 Å². The molecule has 0 atom stereocenters. The molecule has 2 rings (SSSR count). The maximum atomic E-state index is 13.7. The van der Waals surface area contributed by atoms with Crippen molar-refractivity contribution in [1.82, 2.24) is 0 Å². The summed E-state index contributed by atoms with van der Waals surface area (Å²) in [6.07, 6.45) is 0. The molecule has 0 unspecified atom stereocenters. The molecule has 0 aliphatic rings. The minimum atomic E-state index is -0.458. The Labute approximate surface area is 123 Å². The molecule has 0 saturated carbocycles. The number of nitro groups is 1. The van der Waals surface area contributed by atoms with Gasteiger partial charge in [-0.25, -0.2) is 4.39 Å². The van der Waals surface area contributed by atoms with E-state index >= 15 is 0 Å². The molecule has 2 aromatic rings. The number of hydrogen-bond acceptors (Lipinski definition) is 3. The predicted octanol–water partition coefficient (Wildman–Crippen LogP) is 4.42. The topological polar surface area (TPSA) is 55.2 Å². The molecule has 0 saturated heterocycles. The third-order valence-electron chi connectivity index (χ3n) is 2.85. The second-order valence-corrected chi connectivity index (χ2v) is 5.14. The van der Waals surface area contributed by atoms with Crippen LogP contribution in [0.5, 0.6) is 0 Å². The quantitative estimate of drug-likeness (QED) is 0.663. The fraction of sp³-hybridized carbons (Fsp3) is 0.143. The van der Waals surface area contributed by atoms with Gasteiger partial charge in [0.05, 0.1) is 10.6 Å². The molecule has 0 aliphatic heterocycles. The molecule has 4 nitrogen and oxygen atoms in total. The van der Waals surface area contributed by atoms with Gasteiger partial charge in [0.25, 0.3) is 5.69 Å². The molecule has 0 aromatic heterocycles. The van der Waals surface area contributed by atoms with Crippen molar-refractivity contribution in [2.45, 2.75) is 13.5 Å². The van der Waals surface area contributed by atoms with Crippen molar-refractivity contribution in [3.8, 4) is 0 Å². The van der Waals surface area contributed by atoms with Gasteiger partial charge in [-0.2, -0.15) is 0 Å². The Kier molecular flexibility index (Phi) is 4.34. The second kappa shape index (κ2) is 6.00. The molecule has 0 fully saturated rings. The van der Waals surface area contributed by atoms with E-state index in [2.05, 4.69) is 21.2 Å². The SMILES string of the molecule is Cc1ccc(NCc2cccc([N+](=O)[O-])c2Br)c(F)c1. The number of benzene rings is 2. The molecule has 104 valence electrons. The molecule has 20 heavy (non-hydrogen) atoms. The average Bonchev–Trinajstić information content (AvgIpc) is 2.39. The number of nitro benzene ring substituents is 1. The Morgan fingerprint density at radius 1 is 1.35 bits per heavy atom. The summed E-state index contributed by atoms with van der Waals surface area (Å²) >= 11 is 3.21. The van der Waals surface area contributed by atoms with Gasteiger partial charge in [-0.1, -0.05) is 18.2 Å². The highest BCUT2D eigenvalue weighted by Gasteiger charge is 2.14. The Balaban J connectivity index is 2.19. The summed E-state index contributed by atoms with van der Waals surface area (Å²) in [5.41, 5.74) is 1.89. The van der Waals surface area contributed by atoms with Crippen molar-refractivity contribution in [2.24, 2.45) is 0 Å². The number of aryl methyl sites for hydroxylation is 1. The van der Waals surface area contributed by atoms with Crippen LogP contribution in [0.4, 0.5) is 15.8 Å². The highest BCUT2D eigenvalue weighted by molar-refractivity contribution is 9.10. The van der Waals surface area contributed by atoms with Gasteiger partial charge in [0.2, 0.25) is 0 Å². The molecule has 0 aliphatic carbocycles. The largest absolute Gasteiger partial charge is 0.379 e. The number of nitrogens with zero attached hydrogens (tertiary/aromatic N) is 1. The van der Waals surface area contributed by atoms with Crippen molar-refractivity contribution in [2.75, 3.05) is 5.32 Å². The van der Waals surface area contributed by atoms with Crippen LogP contribution in [0, 0.1) is 22.9 Å². The van der Waals surface area contributed by atoms with E-state index in [0.29, 0.717) is 22.3 Å². The van der Waals surface area contributed by atoms with Crippen LogP contribution in [0.15, 0.2) is 40.9 Å². The van der Waals surface area contributed by atoms with E-state index in [1.807, 2.05) is 6.92 Å². The maximum Gasteiger partial charge on any atom is 0.283 e. The lowest BCUT2D eigenvalue weighted by molar-refractivity contribution is -0.385. The Bertz CT molecular complexity index is 662. The van der Waals surface area contributed by atoms with Crippen LogP contribution in [-0.2, 0) is 6.54 Å². The molecule has 0 heterocycles. The van der Waals surface area contributed by atoms with Crippen molar-refractivity contribution < 1.29 is 9.31 Å². The van der Waals surface area contributed by atoms with Crippen molar-refractivity contribution in [3.05, 3.63) is 67.9 Å². The van der Waals surface area contributed by atoms with Gasteiger partial charge < -0.3 is 5.32 Å². The minimum Gasteiger partial charge on any atom is -0.379 e. The van der Waals surface area contributed by atoms with Crippen LogP contribution < -0.4 is 5.32 Å². The summed E-state index contributed by atoms with van der Waals surface area (Å²) in [6, 6.07) is 9.65. The van der Waals surface area contributed by atoms with Gasteiger partial charge >= 0.3 is 0 Å². The summed E-state index contributed by atoms with van der Waals surface area (Å²) in [5, 5.41) is 13.8. The smallest absolute Gasteiger partial charge is 0.283 e. The first-order valence-corrected chi connectivity index (χ1v) is 6.70. The lowest BCUT2D eigenvalue weighted by Crippen LogP contribution is -2.03. The number of rotatable bonds is 4. The molecule has 0 bridgehead atoms. The molecule has 2 aromatic carbocycles. The van der Waals surface area contributed by atoms with Crippen LogP contribution in [0.3, 0.4) is 0 Å². The fourth-order valence-electron chi connectivity index (χ4n) is 1.80. The zero-order valence-electron chi connectivity index (χ0n) is 10.7. The van der Waals surface area contributed by atoms with Gasteiger partial charge in [0.15, 0.2) is 0 Å². The van der Waals surface area contributed by atoms with Crippen LogP contribution in [0.2, 0.25) is 0 Å². The third-order valence-corrected chi connectivity index (χ3v) is 3.76. The first-order chi connectivity index (χ1) is 9.49. The minimum absolute atomic E-state index is 0.00585. The number of halogens is 2. The van der Waals surface area contributed by atoms with E-state index in [0.717, 1.165) is 5.56 Å². The molecular weight excluding hydrogens is 327 g/mol. The second-order valence-electron chi connectivity index (χ2n) is 4.34. The van der Waals surface area contributed by atoms with Crippen LogP contribution in [-0.4, -0.2) is 4.92 Å². The first kappa shape index (κ1) is 14.5. The highest BCUT2D eigenvalue weighted by Crippen LogP contribution is 2.29. The van der Waals surface area contributed by atoms with Crippen LogP contribution in [0.1, 0.15) is 11.1 Å². The van der Waals surface area contributed by atoms with Crippen LogP contribution >= 0.6 is 15.9 Å². The molecule has 1 N–H and O–H groups in total. The highest BCUT2D eigenvalue weighted by atomic mass is 79.9. The van der Waals surface area contributed by atoms with E-state index in [9.17, 15) is 14.5 Å². The van der Waals surface area contributed by atoms with Crippen molar-refractivity contribution in [3.63, 3.8) is 0 Å². The standard InChI is InChI=1S/C14H12BrFN2O2/c1-9-5-6-12(11(16)7-9)17-8-10-3-2-4-13(14(10)15)18(19)20/h2-7,17H,8H2,1H3. The fourth-order valence-corrected chi connectivity index (χ4v) is 2.35. The van der Waals surface area contributed by atoms with E-state index < -0.39 is 4.92 Å². The van der Waals surface area contributed by atoms with Crippen molar-refractivity contribution >= 4 is 27.3 Å². The van der Waals surface area contributed by atoms with Gasteiger partial charge in [-0.15, -0.1) is 0 Å². The van der Waals surface area contributed by atoms with Gasteiger partial charge in [-0.3, -0.25) is 10.1 Å². The Morgan fingerprint density at radius 3 is 2.75 bits per heavy atom. The Morgan fingerprint density at radius 2 is 2.10 bits per heavy atom. The monoisotopic (exact) mass is 338 g/mol. The molecule has 0 amide bonds. The van der Waals surface area contributed by atoms with E-state index in [4.69, 9.17) is 0 Å². The molecule has 0 spiro atoms. The van der Waals surface area contributed by atoms with Gasteiger partial charge in [0.1, 0.15) is 10.3 Å². The summed E-state index contributed by atoms with van der Waals surface area (Å²) < 4.78 is 14.1. The number of nitrogens with one attached hydrogen (secondary N) is 1. The third kappa shape index (κ3) is 3.14. The summed E-state index contributed by atoms with van der Waals surface area (Å²) in [4.78, 5) is 10.4. The van der Waals surface area contributed by atoms with Gasteiger partial charge in [-0.05, 0) is 46.1 Å². The molecular formula is C14H12BrFN2O2. The normalized spacial score (nSPS) is 10.3. The van der Waals surface area contributed by atoms with E-state index in [-0.39, 0.29) is 11.5 Å². The summed E-state index contributed by atoms with van der Waals surface area (Å²) in [5.74, 6) is -0.341. The lowest BCUT2D eigenvalue weighted by Gasteiger charge is -2.09. The molecule has 0 radical (unpaired) electrons. The number of hydrogen-bond donors (Lipinski definition) is 1. The average molecular weight is 339 g/mol. The molecule has 6 heteroatoms. The Hall–Kier alpha value is -1.95. The lowest BCUT2D eigenvalue weighted by atomic mass is 10.2. The predicted molar refractivity (Wildman–Crippen MR) is 79.3 cm³/mol. The summed E-state index contributed by atoms with van der Waals surface area (Å²) in [7, 11) is 0. The van der Waals surface area contributed by atoms with Crippen LogP contribution in [0.25, 0.3) is 0 Å². The zero-order valence-corrected chi connectivity index (χ0v) is 12.3. The maximum absolute atomic E-state index is 13.7. The number of anilines is 1. The van der Waals surface area contributed by atoms with E-state index in [1.54, 1.807) is 24.3 Å². The zero-order chi connectivity index (χ0) is 14.7. The van der Waals surface area contributed by atoms with Gasteiger partial charge in [0, 0.05) is 12.6 Å². The summed E-state index contributed by atoms with van der Waals surface area (Å²) in [6.45, 7) is 2.10. The van der Waals surface area contributed by atoms with E-state index in [1.165, 1.54) is 12.1 Å².